The van der Waals surface area contributed by atoms with Crippen molar-refractivity contribution in [3.8, 4) is 5.75 Å². The first-order valence-electron chi connectivity index (χ1n) is 6.26. The average Bonchev–Trinajstić information content (AvgIpc) is 2.35. The lowest BCUT2D eigenvalue weighted by atomic mass is 10.1. The van der Waals surface area contributed by atoms with Crippen LogP contribution in [0.15, 0.2) is 36.9 Å². The van der Waals surface area contributed by atoms with Crippen LogP contribution in [-0.4, -0.2) is 24.1 Å². The molecule has 0 aliphatic carbocycles. The van der Waals surface area contributed by atoms with Crippen LogP contribution in [-0.2, 0) is 11.2 Å². The third-order valence-electron chi connectivity index (χ3n) is 2.46. The zero-order chi connectivity index (χ0) is 13.4. The molecule has 0 aliphatic heterocycles. The van der Waals surface area contributed by atoms with Gasteiger partial charge >= 0.3 is 0 Å². The van der Waals surface area contributed by atoms with Crippen LogP contribution in [0.3, 0.4) is 0 Å². The Balaban J connectivity index is 2.51. The molecular weight excluding hydrogens is 228 g/mol. The third-order valence-corrected chi connectivity index (χ3v) is 2.46. The van der Waals surface area contributed by atoms with Gasteiger partial charge in [0.25, 0.3) is 0 Å². The molecule has 1 aromatic rings. The minimum Gasteiger partial charge on any atom is -0.488 e. The summed E-state index contributed by atoms with van der Waals surface area (Å²) in [4.78, 5) is 0. The number of benzene rings is 1. The van der Waals surface area contributed by atoms with Gasteiger partial charge in [0.1, 0.15) is 12.4 Å². The molecule has 0 aromatic heterocycles. The summed E-state index contributed by atoms with van der Waals surface area (Å²) in [6, 6.07) is 7.90. The van der Waals surface area contributed by atoms with E-state index in [-0.39, 0.29) is 6.61 Å². The lowest BCUT2D eigenvalue weighted by molar-refractivity contribution is -0.199. The van der Waals surface area contributed by atoms with Crippen LogP contribution in [0.4, 0.5) is 0 Å². The standard InChI is InChI=1S/C15H22O3/c1-4-7-13-8-6-9-14(11-13)17-12-15(3,16)18-10-5-2/h5-6,8-9,11,16H,2,4,7,10,12H2,1,3H3. The van der Waals surface area contributed by atoms with Crippen molar-refractivity contribution >= 4 is 0 Å². The Hall–Kier alpha value is -1.32. The van der Waals surface area contributed by atoms with E-state index in [4.69, 9.17) is 9.47 Å². The van der Waals surface area contributed by atoms with Crippen molar-refractivity contribution in [2.24, 2.45) is 0 Å². The van der Waals surface area contributed by atoms with Gasteiger partial charge in [0, 0.05) is 0 Å². The zero-order valence-electron chi connectivity index (χ0n) is 11.2. The van der Waals surface area contributed by atoms with Gasteiger partial charge in [0.15, 0.2) is 5.79 Å². The van der Waals surface area contributed by atoms with E-state index >= 15 is 0 Å². The van der Waals surface area contributed by atoms with E-state index in [1.807, 2.05) is 18.2 Å². The van der Waals surface area contributed by atoms with Crippen LogP contribution in [0.1, 0.15) is 25.8 Å². The number of ether oxygens (including phenoxy) is 2. The Morgan fingerprint density at radius 3 is 2.89 bits per heavy atom. The Kier molecular flexibility index (Phi) is 5.89. The lowest BCUT2D eigenvalue weighted by Crippen LogP contribution is -2.35. The maximum atomic E-state index is 9.88. The van der Waals surface area contributed by atoms with Gasteiger partial charge in [-0.05, 0) is 31.0 Å². The Morgan fingerprint density at radius 2 is 2.22 bits per heavy atom. The van der Waals surface area contributed by atoms with Crippen molar-refractivity contribution in [2.75, 3.05) is 13.2 Å². The quantitative estimate of drug-likeness (QED) is 0.569. The van der Waals surface area contributed by atoms with Gasteiger partial charge in [-0.1, -0.05) is 31.6 Å². The molecule has 1 N–H and O–H groups in total. The zero-order valence-corrected chi connectivity index (χ0v) is 11.2. The van der Waals surface area contributed by atoms with E-state index in [1.165, 1.54) is 5.56 Å². The molecule has 0 saturated heterocycles. The molecule has 0 aliphatic rings. The van der Waals surface area contributed by atoms with E-state index in [2.05, 4.69) is 19.6 Å². The molecule has 0 spiro atoms. The van der Waals surface area contributed by atoms with Gasteiger partial charge in [-0.3, -0.25) is 0 Å². The molecule has 1 unspecified atom stereocenters. The average molecular weight is 250 g/mol. The molecule has 3 nitrogen and oxygen atoms in total. The summed E-state index contributed by atoms with van der Waals surface area (Å²) in [6.07, 6.45) is 3.72. The number of hydrogen-bond acceptors (Lipinski definition) is 3. The van der Waals surface area contributed by atoms with Crippen molar-refractivity contribution < 1.29 is 14.6 Å². The number of hydrogen-bond donors (Lipinski definition) is 1. The molecular formula is C15H22O3. The predicted octanol–water partition coefficient (Wildman–Crippen LogP) is 2.93. The van der Waals surface area contributed by atoms with Crippen molar-refractivity contribution in [1.82, 2.24) is 0 Å². The van der Waals surface area contributed by atoms with Gasteiger partial charge in [-0.15, -0.1) is 6.58 Å². The number of rotatable bonds is 8. The smallest absolute Gasteiger partial charge is 0.197 e. The van der Waals surface area contributed by atoms with Gasteiger partial charge in [0.2, 0.25) is 0 Å². The van der Waals surface area contributed by atoms with Crippen molar-refractivity contribution in [3.05, 3.63) is 42.5 Å². The van der Waals surface area contributed by atoms with Crippen LogP contribution in [0.5, 0.6) is 5.75 Å². The highest BCUT2D eigenvalue weighted by Crippen LogP contribution is 2.17. The fourth-order valence-electron chi connectivity index (χ4n) is 1.58. The summed E-state index contributed by atoms with van der Waals surface area (Å²) in [5, 5.41) is 9.88. The molecule has 0 saturated carbocycles. The van der Waals surface area contributed by atoms with E-state index < -0.39 is 5.79 Å². The largest absolute Gasteiger partial charge is 0.488 e. The van der Waals surface area contributed by atoms with E-state index in [9.17, 15) is 5.11 Å². The lowest BCUT2D eigenvalue weighted by Gasteiger charge is -2.23. The highest BCUT2D eigenvalue weighted by Gasteiger charge is 2.21. The van der Waals surface area contributed by atoms with E-state index in [1.54, 1.807) is 13.0 Å². The van der Waals surface area contributed by atoms with Gasteiger partial charge in [-0.2, -0.15) is 0 Å². The molecule has 3 heteroatoms. The third kappa shape index (κ3) is 5.34. The number of aliphatic hydroxyl groups is 1. The highest BCUT2D eigenvalue weighted by molar-refractivity contribution is 5.28. The summed E-state index contributed by atoms with van der Waals surface area (Å²) >= 11 is 0. The molecule has 1 rings (SSSR count). The highest BCUT2D eigenvalue weighted by atomic mass is 16.6. The summed E-state index contributed by atoms with van der Waals surface area (Å²) in [7, 11) is 0. The second kappa shape index (κ2) is 7.19. The Morgan fingerprint density at radius 1 is 1.44 bits per heavy atom. The summed E-state index contributed by atoms with van der Waals surface area (Å²) in [6.45, 7) is 7.64. The van der Waals surface area contributed by atoms with E-state index in [0.29, 0.717) is 6.61 Å². The normalized spacial score (nSPS) is 13.9. The van der Waals surface area contributed by atoms with Crippen molar-refractivity contribution in [1.29, 1.82) is 0 Å². The van der Waals surface area contributed by atoms with Gasteiger partial charge < -0.3 is 14.6 Å². The molecule has 0 heterocycles. The van der Waals surface area contributed by atoms with Gasteiger partial charge in [-0.25, -0.2) is 0 Å². The first kappa shape index (κ1) is 14.7. The van der Waals surface area contributed by atoms with Crippen LogP contribution in [0, 0.1) is 0 Å². The molecule has 1 aromatic carbocycles. The number of aryl methyl sites for hydroxylation is 1. The second-order valence-corrected chi connectivity index (χ2v) is 4.46. The molecule has 0 amide bonds. The molecule has 100 valence electrons. The monoisotopic (exact) mass is 250 g/mol. The second-order valence-electron chi connectivity index (χ2n) is 4.46. The topological polar surface area (TPSA) is 38.7 Å². The molecule has 18 heavy (non-hydrogen) atoms. The first-order valence-corrected chi connectivity index (χ1v) is 6.26. The fourth-order valence-corrected chi connectivity index (χ4v) is 1.58. The van der Waals surface area contributed by atoms with Crippen LogP contribution in [0.25, 0.3) is 0 Å². The molecule has 1 atom stereocenters. The summed E-state index contributed by atoms with van der Waals surface area (Å²) < 4.78 is 10.7. The SMILES string of the molecule is C=CCOC(C)(O)COc1cccc(CCC)c1. The minimum absolute atomic E-state index is 0.0937. The summed E-state index contributed by atoms with van der Waals surface area (Å²) in [5.41, 5.74) is 1.24. The molecule has 0 fully saturated rings. The maximum Gasteiger partial charge on any atom is 0.197 e. The van der Waals surface area contributed by atoms with Crippen LogP contribution in [0.2, 0.25) is 0 Å². The fraction of sp³-hybridized carbons (Fsp3) is 0.467. The van der Waals surface area contributed by atoms with Crippen LogP contribution >= 0.6 is 0 Å². The Bertz CT molecular complexity index is 372. The van der Waals surface area contributed by atoms with Crippen molar-refractivity contribution in [3.63, 3.8) is 0 Å². The minimum atomic E-state index is -1.30. The Labute approximate surface area is 109 Å². The van der Waals surface area contributed by atoms with Crippen molar-refractivity contribution in [2.45, 2.75) is 32.5 Å². The first-order chi connectivity index (χ1) is 8.57. The van der Waals surface area contributed by atoms with E-state index in [0.717, 1.165) is 18.6 Å². The molecule has 0 radical (unpaired) electrons. The molecule has 0 bridgehead atoms. The van der Waals surface area contributed by atoms with Gasteiger partial charge in [0.05, 0.1) is 6.61 Å². The maximum absolute atomic E-state index is 9.88. The summed E-state index contributed by atoms with van der Waals surface area (Å²) in [5.74, 6) is -0.544. The predicted molar refractivity (Wildman–Crippen MR) is 72.7 cm³/mol. The van der Waals surface area contributed by atoms with Crippen LogP contribution < -0.4 is 4.74 Å².